The molecule has 0 atom stereocenters. The topological polar surface area (TPSA) is 22.1 Å². The lowest BCUT2D eigenvalue weighted by Gasteiger charge is -2.06. The van der Waals surface area contributed by atoms with Crippen LogP contribution in [-0.4, -0.2) is 11.6 Å². The van der Waals surface area contributed by atoms with E-state index in [-0.39, 0.29) is 0 Å². The molecule has 0 saturated heterocycles. The summed E-state index contributed by atoms with van der Waals surface area (Å²) in [5.41, 5.74) is 3.48. The molecule has 1 aromatic carbocycles. The molecule has 0 N–H and O–H groups in total. The van der Waals surface area contributed by atoms with Gasteiger partial charge in [0, 0.05) is 23.7 Å². The standard InChI is InChI=1S/C13H11NO/c1-2-6-13-11(4-1)10-5-3-8-14-12(10)7-9-15-13/h1-6,8H,7,9H2. The lowest BCUT2D eigenvalue weighted by molar-refractivity contribution is 0.325. The van der Waals surface area contributed by atoms with Crippen LogP contribution in [0.3, 0.4) is 0 Å². The van der Waals surface area contributed by atoms with Crippen molar-refractivity contribution in [2.75, 3.05) is 6.61 Å². The molecular weight excluding hydrogens is 186 g/mol. The van der Waals surface area contributed by atoms with Gasteiger partial charge < -0.3 is 4.74 Å². The van der Waals surface area contributed by atoms with Crippen LogP contribution < -0.4 is 4.74 Å². The lowest BCUT2D eigenvalue weighted by atomic mass is 10.0. The van der Waals surface area contributed by atoms with Gasteiger partial charge in [-0.3, -0.25) is 4.98 Å². The van der Waals surface area contributed by atoms with Crippen LogP contribution in [0.2, 0.25) is 0 Å². The summed E-state index contributed by atoms with van der Waals surface area (Å²) in [6.45, 7) is 0.709. The third-order valence-electron chi connectivity index (χ3n) is 2.66. The number of fused-ring (bicyclic) bond motifs is 3. The first kappa shape index (κ1) is 8.48. The van der Waals surface area contributed by atoms with Crippen molar-refractivity contribution < 1.29 is 4.74 Å². The molecular formula is C13H11NO. The summed E-state index contributed by atoms with van der Waals surface area (Å²) in [5, 5.41) is 0. The van der Waals surface area contributed by atoms with Crippen LogP contribution in [0.15, 0.2) is 42.6 Å². The van der Waals surface area contributed by atoms with Gasteiger partial charge in [0.05, 0.1) is 12.3 Å². The fraction of sp³-hybridized carbons (Fsp3) is 0.154. The number of ether oxygens (including phenoxy) is 1. The van der Waals surface area contributed by atoms with E-state index in [9.17, 15) is 0 Å². The minimum absolute atomic E-state index is 0.709. The number of rotatable bonds is 0. The van der Waals surface area contributed by atoms with Gasteiger partial charge in [0.2, 0.25) is 0 Å². The minimum Gasteiger partial charge on any atom is -0.493 e. The van der Waals surface area contributed by atoms with Gasteiger partial charge >= 0.3 is 0 Å². The first-order chi connectivity index (χ1) is 7.45. The van der Waals surface area contributed by atoms with Gasteiger partial charge in [0.15, 0.2) is 0 Å². The Bertz CT molecular complexity index is 448. The van der Waals surface area contributed by atoms with Crippen molar-refractivity contribution in [2.45, 2.75) is 6.42 Å². The van der Waals surface area contributed by atoms with E-state index in [1.54, 1.807) is 0 Å². The Morgan fingerprint density at radius 1 is 1.00 bits per heavy atom. The summed E-state index contributed by atoms with van der Waals surface area (Å²) in [5.74, 6) is 0.962. The second kappa shape index (κ2) is 3.39. The van der Waals surface area contributed by atoms with Crippen molar-refractivity contribution in [3.8, 4) is 16.9 Å². The van der Waals surface area contributed by atoms with E-state index in [1.165, 1.54) is 5.56 Å². The number of benzene rings is 1. The highest BCUT2D eigenvalue weighted by atomic mass is 16.5. The summed E-state index contributed by atoms with van der Waals surface area (Å²) in [6.07, 6.45) is 2.72. The summed E-state index contributed by atoms with van der Waals surface area (Å²) in [7, 11) is 0. The number of nitrogens with zero attached hydrogens (tertiary/aromatic N) is 1. The number of pyridine rings is 1. The van der Waals surface area contributed by atoms with Crippen molar-refractivity contribution >= 4 is 0 Å². The maximum absolute atomic E-state index is 5.69. The van der Waals surface area contributed by atoms with Crippen LogP contribution >= 0.6 is 0 Å². The highest BCUT2D eigenvalue weighted by Crippen LogP contribution is 2.33. The van der Waals surface area contributed by atoms with E-state index in [2.05, 4.69) is 17.1 Å². The second-order valence-corrected chi connectivity index (χ2v) is 3.59. The molecule has 2 heteroatoms. The van der Waals surface area contributed by atoms with E-state index in [0.29, 0.717) is 6.61 Å². The molecule has 0 fully saturated rings. The van der Waals surface area contributed by atoms with Crippen LogP contribution in [0.25, 0.3) is 11.1 Å². The number of hydrogen-bond donors (Lipinski definition) is 0. The van der Waals surface area contributed by atoms with Crippen molar-refractivity contribution in [1.29, 1.82) is 0 Å². The van der Waals surface area contributed by atoms with Crippen LogP contribution in [0.5, 0.6) is 5.75 Å². The van der Waals surface area contributed by atoms with E-state index >= 15 is 0 Å². The zero-order chi connectivity index (χ0) is 10.1. The van der Waals surface area contributed by atoms with Gasteiger partial charge in [-0.15, -0.1) is 0 Å². The van der Waals surface area contributed by atoms with Gasteiger partial charge in [-0.1, -0.05) is 24.3 Å². The third-order valence-corrected chi connectivity index (χ3v) is 2.66. The Kier molecular flexibility index (Phi) is 1.91. The van der Waals surface area contributed by atoms with Gasteiger partial charge in [0.1, 0.15) is 5.75 Å². The fourth-order valence-electron chi connectivity index (χ4n) is 1.96. The fourth-order valence-corrected chi connectivity index (χ4v) is 1.96. The predicted octanol–water partition coefficient (Wildman–Crippen LogP) is 2.68. The Balaban J connectivity index is 2.27. The predicted molar refractivity (Wildman–Crippen MR) is 58.9 cm³/mol. The van der Waals surface area contributed by atoms with Crippen LogP contribution in [-0.2, 0) is 6.42 Å². The lowest BCUT2D eigenvalue weighted by Crippen LogP contribution is -1.99. The molecule has 1 aromatic heterocycles. The number of aromatic nitrogens is 1. The van der Waals surface area contributed by atoms with Crippen LogP contribution in [0.4, 0.5) is 0 Å². The van der Waals surface area contributed by atoms with Gasteiger partial charge in [-0.25, -0.2) is 0 Å². The van der Waals surface area contributed by atoms with Crippen molar-refractivity contribution in [2.24, 2.45) is 0 Å². The smallest absolute Gasteiger partial charge is 0.127 e. The summed E-state index contributed by atoms with van der Waals surface area (Å²) < 4.78 is 5.69. The maximum Gasteiger partial charge on any atom is 0.127 e. The molecule has 0 spiro atoms. The molecule has 0 saturated carbocycles. The zero-order valence-electron chi connectivity index (χ0n) is 8.31. The van der Waals surface area contributed by atoms with Gasteiger partial charge in [0.25, 0.3) is 0 Å². The number of para-hydroxylation sites is 1. The average Bonchev–Trinajstić information content (AvgIpc) is 2.48. The first-order valence-electron chi connectivity index (χ1n) is 5.11. The molecule has 0 aliphatic carbocycles. The van der Waals surface area contributed by atoms with Crippen molar-refractivity contribution in [1.82, 2.24) is 4.98 Å². The van der Waals surface area contributed by atoms with Crippen molar-refractivity contribution in [3.63, 3.8) is 0 Å². The molecule has 2 nitrogen and oxygen atoms in total. The molecule has 0 unspecified atom stereocenters. The molecule has 0 radical (unpaired) electrons. The van der Waals surface area contributed by atoms with Crippen LogP contribution in [0.1, 0.15) is 5.69 Å². The normalized spacial score (nSPS) is 13.3. The highest BCUT2D eigenvalue weighted by Gasteiger charge is 2.14. The second-order valence-electron chi connectivity index (χ2n) is 3.59. The Morgan fingerprint density at radius 3 is 2.87 bits per heavy atom. The Labute approximate surface area is 88.5 Å². The molecule has 3 rings (SSSR count). The summed E-state index contributed by atoms with van der Waals surface area (Å²) >= 11 is 0. The third kappa shape index (κ3) is 1.38. The monoisotopic (exact) mass is 197 g/mol. The minimum atomic E-state index is 0.709. The SMILES string of the molecule is c1ccc2c(c1)OCCc1ncccc1-2. The molecule has 15 heavy (non-hydrogen) atoms. The Morgan fingerprint density at radius 2 is 1.87 bits per heavy atom. The summed E-state index contributed by atoms with van der Waals surface area (Å²) in [6, 6.07) is 12.2. The van der Waals surface area contributed by atoms with Gasteiger partial charge in [-0.2, -0.15) is 0 Å². The average molecular weight is 197 g/mol. The number of hydrogen-bond acceptors (Lipinski definition) is 2. The first-order valence-corrected chi connectivity index (χ1v) is 5.11. The summed E-state index contributed by atoms with van der Waals surface area (Å²) in [4.78, 5) is 4.40. The molecule has 2 aromatic rings. The molecule has 2 heterocycles. The van der Waals surface area contributed by atoms with E-state index in [1.807, 2.05) is 30.5 Å². The molecule has 0 amide bonds. The molecule has 74 valence electrons. The molecule has 1 aliphatic heterocycles. The Hall–Kier alpha value is -1.83. The highest BCUT2D eigenvalue weighted by molar-refractivity contribution is 5.72. The van der Waals surface area contributed by atoms with E-state index in [0.717, 1.165) is 23.4 Å². The zero-order valence-corrected chi connectivity index (χ0v) is 8.31. The quantitative estimate of drug-likeness (QED) is 0.647. The molecule has 0 bridgehead atoms. The van der Waals surface area contributed by atoms with Gasteiger partial charge in [-0.05, 0) is 12.1 Å². The van der Waals surface area contributed by atoms with Crippen molar-refractivity contribution in [3.05, 3.63) is 48.3 Å². The van der Waals surface area contributed by atoms with E-state index < -0.39 is 0 Å². The largest absolute Gasteiger partial charge is 0.493 e. The molecule has 1 aliphatic rings. The van der Waals surface area contributed by atoms with E-state index in [4.69, 9.17) is 4.74 Å². The maximum atomic E-state index is 5.69. The van der Waals surface area contributed by atoms with Crippen LogP contribution in [0, 0.1) is 0 Å².